The summed E-state index contributed by atoms with van der Waals surface area (Å²) in [6, 6.07) is 7.62. The van der Waals surface area contributed by atoms with Crippen LogP contribution in [0.15, 0.2) is 28.8 Å². The molecule has 0 amide bonds. The lowest BCUT2D eigenvalue weighted by atomic mass is 10.2. The van der Waals surface area contributed by atoms with Gasteiger partial charge in [0.25, 0.3) is 0 Å². The molecule has 0 spiro atoms. The molecule has 6 heteroatoms. The lowest BCUT2D eigenvalue weighted by molar-refractivity contribution is 0.141. The number of nitrogens with two attached hydrogens (primary N) is 1. The number of rotatable bonds is 4. The lowest BCUT2D eigenvalue weighted by Gasteiger charge is -2.13. The first kappa shape index (κ1) is 12.1. The average molecular weight is 261 g/mol. The number of hydrogen-bond donors (Lipinski definition) is 1. The van der Waals surface area contributed by atoms with E-state index in [2.05, 4.69) is 10.1 Å². The number of aromatic nitrogens is 2. The standard InChI is InChI=1S/C13H15N3O3/c14-7-12-15-13(16-19-12)10-3-1-2-4-11(10)18-9-5-6-17-8-9/h1-4,9H,5-8,14H2. The molecule has 0 radical (unpaired) electrons. The second-order valence-electron chi connectivity index (χ2n) is 4.32. The Morgan fingerprint density at radius 1 is 1.37 bits per heavy atom. The molecule has 2 N–H and O–H groups in total. The van der Waals surface area contributed by atoms with Crippen molar-refractivity contribution in [1.29, 1.82) is 0 Å². The van der Waals surface area contributed by atoms with E-state index in [0.717, 1.165) is 24.3 Å². The number of ether oxygens (including phenoxy) is 2. The van der Waals surface area contributed by atoms with Crippen LogP contribution >= 0.6 is 0 Å². The summed E-state index contributed by atoms with van der Waals surface area (Å²) in [6.07, 6.45) is 0.983. The van der Waals surface area contributed by atoms with E-state index in [-0.39, 0.29) is 12.6 Å². The summed E-state index contributed by atoms with van der Waals surface area (Å²) in [5.74, 6) is 1.64. The van der Waals surface area contributed by atoms with Crippen molar-refractivity contribution in [2.45, 2.75) is 19.1 Å². The van der Waals surface area contributed by atoms with Crippen LogP contribution in [0.3, 0.4) is 0 Å². The minimum absolute atomic E-state index is 0.0852. The van der Waals surface area contributed by atoms with Gasteiger partial charge in [0.15, 0.2) is 0 Å². The van der Waals surface area contributed by atoms with Crippen molar-refractivity contribution >= 4 is 0 Å². The summed E-state index contributed by atoms with van der Waals surface area (Å²) in [5, 5.41) is 3.92. The van der Waals surface area contributed by atoms with E-state index in [4.69, 9.17) is 19.7 Å². The molecule has 100 valence electrons. The molecule has 1 fully saturated rings. The third-order valence-corrected chi connectivity index (χ3v) is 2.95. The molecular weight excluding hydrogens is 246 g/mol. The zero-order valence-electron chi connectivity index (χ0n) is 10.4. The Morgan fingerprint density at radius 3 is 3.00 bits per heavy atom. The van der Waals surface area contributed by atoms with E-state index in [0.29, 0.717) is 18.3 Å². The molecule has 1 saturated heterocycles. The van der Waals surface area contributed by atoms with E-state index in [9.17, 15) is 0 Å². The fraction of sp³-hybridized carbons (Fsp3) is 0.385. The van der Waals surface area contributed by atoms with Gasteiger partial charge in [-0.2, -0.15) is 4.98 Å². The van der Waals surface area contributed by atoms with Crippen LogP contribution in [0.5, 0.6) is 5.75 Å². The molecular formula is C13H15N3O3. The monoisotopic (exact) mass is 261 g/mol. The predicted molar refractivity (Wildman–Crippen MR) is 67.5 cm³/mol. The second kappa shape index (κ2) is 5.38. The highest BCUT2D eigenvalue weighted by Crippen LogP contribution is 2.29. The van der Waals surface area contributed by atoms with Crippen molar-refractivity contribution in [2.24, 2.45) is 5.73 Å². The summed E-state index contributed by atoms with van der Waals surface area (Å²) in [5.41, 5.74) is 6.27. The van der Waals surface area contributed by atoms with Gasteiger partial charge in [-0.1, -0.05) is 17.3 Å². The highest BCUT2D eigenvalue weighted by Gasteiger charge is 2.20. The fourth-order valence-electron chi connectivity index (χ4n) is 1.99. The molecule has 1 unspecified atom stereocenters. The van der Waals surface area contributed by atoms with E-state index in [1.54, 1.807) is 0 Å². The van der Waals surface area contributed by atoms with Gasteiger partial charge in [0.05, 0.1) is 25.3 Å². The summed E-state index contributed by atoms with van der Waals surface area (Å²) < 4.78 is 16.3. The van der Waals surface area contributed by atoms with Crippen molar-refractivity contribution in [2.75, 3.05) is 13.2 Å². The van der Waals surface area contributed by atoms with E-state index < -0.39 is 0 Å². The third kappa shape index (κ3) is 2.59. The van der Waals surface area contributed by atoms with Crippen LogP contribution in [-0.2, 0) is 11.3 Å². The topological polar surface area (TPSA) is 83.4 Å². The molecule has 0 aliphatic carbocycles. The number of para-hydroxylation sites is 1. The van der Waals surface area contributed by atoms with Crippen molar-refractivity contribution in [3.8, 4) is 17.1 Å². The Kier molecular flexibility index (Phi) is 3.43. The molecule has 3 rings (SSSR count). The normalized spacial score (nSPS) is 18.7. The van der Waals surface area contributed by atoms with Crippen LogP contribution in [-0.4, -0.2) is 29.5 Å². The zero-order valence-corrected chi connectivity index (χ0v) is 10.4. The maximum atomic E-state index is 5.93. The van der Waals surface area contributed by atoms with Gasteiger partial charge in [-0.3, -0.25) is 0 Å². The number of hydrogen-bond acceptors (Lipinski definition) is 6. The highest BCUT2D eigenvalue weighted by molar-refractivity contribution is 5.63. The van der Waals surface area contributed by atoms with E-state index in [1.165, 1.54) is 0 Å². The molecule has 1 atom stereocenters. The summed E-state index contributed by atoms with van der Waals surface area (Å²) in [4.78, 5) is 4.22. The smallest absolute Gasteiger partial charge is 0.240 e. The fourth-order valence-corrected chi connectivity index (χ4v) is 1.99. The first-order chi connectivity index (χ1) is 9.36. The van der Waals surface area contributed by atoms with Crippen molar-refractivity contribution in [3.63, 3.8) is 0 Å². The summed E-state index contributed by atoms with van der Waals surface area (Å²) in [6.45, 7) is 1.59. The van der Waals surface area contributed by atoms with Crippen LogP contribution in [0.2, 0.25) is 0 Å². The van der Waals surface area contributed by atoms with Crippen molar-refractivity contribution in [3.05, 3.63) is 30.2 Å². The van der Waals surface area contributed by atoms with Gasteiger partial charge in [0, 0.05) is 6.42 Å². The van der Waals surface area contributed by atoms with Gasteiger partial charge in [-0.05, 0) is 12.1 Å². The van der Waals surface area contributed by atoms with Crippen LogP contribution in [0.4, 0.5) is 0 Å². The van der Waals surface area contributed by atoms with E-state index >= 15 is 0 Å². The molecule has 19 heavy (non-hydrogen) atoms. The first-order valence-electron chi connectivity index (χ1n) is 6.23. The van der Waals surface area contributed by atoms with Crippen LogP contribution in [0.1, 0.15) is 12.3 Å². The Morgan fingerprint density at radius 2 is 2.26 bits per heavy atom. The SMILES string of the molecule is NCc1nc(-c2ccccc2OC2CCOC2)no1. The van der Waals surface area contributed by atoms with Crippen molar-refractivity contribution in [1.82, 2.24) is 10.1 Å². The van der Waals surface area contributed by atoms with Crippen LogP contribution in [0, 0.1) is 0 Å². The zero-order chi connectivity index (χ0) is 13.1. The van der Waals surface area contributed by atoms with Crippen molar-refractivity contribution < 1.29 is 14.0 Å². The summed E-state index contributed by atoms with van der Waals surface area (Å²) >= 11 is 0. The number of nitrogens with zero attached hydrogens (tertiary/aromatic N) is 2. The molecule has 1 aromatic carbocycles. The molecule has 2 aromatic rings. The lowest BCUT2D eigenvalue weighted by Crippen LogP contribution is -2.16. The van der Waals surface area contributed by atoms with Gasteiger partial charge in [-0.15, -0.1) is 0 Å². The van der Waals surface area contributed by atoms with Gasteiger partial charge >= 0.3 is 0 Å². The first-order valence-corrected chi connectivity index (χ1v) is 6.23. The van der Waals surface area contributed by atoms with Gasteiger partial charge in [-0.25, -0.2) is 0 Å². The quantitative estimate of drug-likeness (QED) is 0.894. The molecule has 1 aromatic heterocycles. The number of benzene rings is 1. The molecule has 6 nitrogen and oxygen atoms in total. The van der Waals surface area contributed by atoms with Crippen LogP contribution < -0.4 is 10.5 Å². The Bertz CT molecular complexity index is 550. The maximum absolute atomic E-state index is 5.93. The second-order valence-corrected chi connectivity index (χ2v) is 4.32. The molecule has 1 aliphatic heterocycles. The Balaban J connectivity index is 1.87. The molecule has 2 heterocycles. The maximum Gasteiger partial charge on any atom is 0.240 e. The minimum Gasteiger partial charge on any atom is -0.487 e. The Labute approximate surface area is 110 Å². The molecule has 1 aliphatic rings. The Hall–Kier alpha value is -1.92. The van der Waals surface area contributed by atoms with Gasteiger partial charge in [0.2, 0.25) is 11.7 Å². The van der Waals surface area contributed by atoms with Gasteiger partial charge in [0.1, 0.15) is 11.9 Å². The molecule has 0 bridgehead atoms. The highest BCUT2D eigenvalue weighted by atomic mass is 16.5. The predicted octanol–water partition coefficient (Wildman–Crippen LogP) is 1.36. The minimum atomic E-state index is 0.0852. The summed E-state index contributed by atoms with van der Waals surface area (Å²) in [7, 11) is 0. The average Bonchev–Trinajstić information content (AvgIpc) is 3.10. The molecule has 0 saturated carbocycles. The van der Waals surface area contributed by atoms with Crippen LogP contribution in [0.25, 0.3) is 11.4 Å². The van der Waals surface area contributed by atoms with Gasteiger partial charge < -0.3 is 19.7 Å². The largest absolute Gasteiger partial charge is 0.487 e. The van der Waals surface area contributed by atoms with E-state index in [1.807, 2.05) is 24.3 Å². The third-order valence-electron chi connectivity index (χ3n) is 2.95.